The fourth-order valence-corrected chi connectivity index (χ4v) is 2.67. The van der Waals surface area contributed by atoms with E-state index in [1.807, 2.05) is 37.3 Å². The second kappa shape index (κ2) is 7.60. The van der Waals surface area contributed by atoms with Gasteiger partial charge in [-0.1, -0.05) is 12.1 Å². The lowest BCUT2D eigenvalue weighted by Gasteiger charge is -2.10. The standard InChI is InChI=1S/C21H16N6O/c1-15-4-2-7-20(25-15)27-21(9-11-24-27)28-18-8-10-23-19(13-18)26-17-6-3-5-16(12-17)14-22/h2-13H,1H3,(H,23,26). The number of nitrogens with one attached hydrogen (secondary N) is 1. The second-order valence-electron chi connectivity index (χ2n) is 6.01. The van der Waals surface area contributed by atoms with Gasteiger partial charge in [-0.25, -0.2) is 9.97 Å². The van der Waals surface area contributed by atoms with E-state index in [1.54, 1.807) is 47.4 Å². The Hall–Kier alpha value is -4.18. The van der Waals surface area contributed by atoms with Gasteiger partial charge in [0.15, 0.2) is 5.82 Å². The highest BCUT2D eigenvalue weighted by molar-refractivity contribution is 5.59. The van der Waals surface area contributed by atoms with Crippen molar-refractivity contribution in [3.63, 3.8) is 0 Å². The summed E-state index contributed by atoms with van der Waals surface area (Å²) in [6, 6.07) is 20.3. The predicted octanol–water partition coefficient (Wildman–Crippen LogP) is 4.38. The number of hydrogen-bond donors (Lipinski definition) is 1. The number of aryl methyl sites for hydroxylation is 1. The molecule has 1 aromatic carbocycles. The zero-order valence-corrected chi connectivity index (χ0v) is 15.1. The first-order chi connectivity index (χ1) is 13.7. The van der Waals surface area contributed by atoms with Gasteiger partial charge in [-0.3, -0.25) is 0 Å². The van der Waals surface area contributed by atoms with Crippen LogP contribution >= 0.6 is 0 Å². The molecule has 0 unspecified atom stereocenters. The maximum absolute atomic E-state index is 9.03. The maximum Gasteiger partial charge on any atom is 0.223 e. The van der Waals surface area contributed by atoms with Crippen LogP contribution in [-0.4, -0.2) is 19.7 Å². The first kappa shape index (κ1) is 17.2. The summed E-state index contributed by atoms with van der Waals surface area (Å²) in [6.07, 6.45) is 3.31. The van der Waals surface area contributed by atoms with Crippen LogP contribution in [0.1, 0.15) is 11.3 Å². The van der Waals surface area contributed by atoms with E-state index in [4.69, 9.17) is 10.00 Å². The number of benzene rings is 1. The predicted molar refractivity (Wildman–Crippen MR) is 105 cm³/mol. The van der Waals surface area contributed by atoms with E-state index in [2.05, 4.69) is 26.5 Å². The summed E-state index contributed by atoms with van der Waals surface area (Å²) in [4.78, 5) is 8.78. The number of nitriles is 1. The van der Waals surface area contributed by atoms with Crippen molar-refractivity contribution in [1.82, 2.24) is 19.7 Å². The van der Waals surface area contributed by atoms with Gasteiger partial charge in [0, 0.05) is 29.7 Å². The summed E-state index contributed by atoms with van der Waals surface area (Å²) in [6.45, 7) is 1.93. The van der Waals surface area contributed by atoms with E-state index in [9.17, 15) is 0 Å². The monoisotopic (exact) mass is 368 g/mol. The highest BCUT2D eigenvalue weighted by Crippen LogP contribution is 2.26. The van der Waals surface area contributed by atoms with Crippen LogP contribution < -0.4 is 10.1 Å². The molecule has 0 saturated carbocycles. The molecule has 3 heterocycles. The molecule has 0 fully saturated rings. The van der Waals surface area contributed by atoms with Gasteiger partial charge in [-0.05, 0) is 43.3 Å². The minimum absolute atomic E-state index is 0.543. The Morgan fingerprint density at radius 1 is 1.04 bits per heavy atom. The molecular formula is C21H16N6O. The Bertz CT molecular complexity index is 1160. The van der Waals surface area contributed by atoms with Gasteiger partial charge in [0.1, 0.15) is 11.6 Å². The third-order valence-electron chi connectivity index (χ3n) is 3.92. The van der Waals surface area contributed by atoms with Gasteiger partial charge in [-0.2, -0.15) is 15.0 Å². The van der Waals surface area contributed by atoms with Gasteiger partial charge in [0.25, 0.3) is 0 Å². The number of rotatable bonds is 5. The number of anilines is 2. The van der Waals surface area contributed by atoms with Crippen molar-refractivity contribution < 1.29 is 4.74 Å². The fourth-order valence-electron chi connectivity index (χ4n) is 2.67. The van der Waals surface area contributed by atoms with E-state index >= 15 is 0 Å². The molecule has 1 N–H and O–H groups in total. The number of hydrogen-bond acceptors (Lipinski definition) is 6. The summed E-state index contributed by atoms with van der Waals surface area (Å²) in [7, 11) is 0. The largest absolute Gasteiger partial charge is 0.439 e. The van der Waals surface area contributed by atoms with Crippen LogP contribution in [0.5, 0.6) is 11.6 Å². The Balaban J connectivity index is 1.56. The zero-order chi connectivity index (χ0) is 19.3. The van der Waals surface area contributed by atoms with E-state index in [0.717, 1.165) is 11.4 Å². The average Bonchev–Trinajstić information content (AvgIpc) is 3.16. The lowest BCUT2D eigenvalue weighted by Crippen LogP contribution is -2.02. The molecule has 4 rings (SSSR count). The third-order valence-corrected chi connectivity index (χ3v) is 3.92. The topological polar surface area (TPSA) is 88.6 Å². The summed E-state index contributed by atoms with van der Waals surface area (Å²) in [5, 5.41) is 16.5. The molecular weight excluding hydrogens is 352 g/mol. The molecule has 0 aliphatic carbocycles. The number of nitrogens with zero attached hydrogens (tertiary/aromatic N) is 5. The van der Waals surface area contributed by atoms with Crippen molar-refractivity contribution in [1.29, 1.82) is 5.26 Å². The Morgan fingerprint density at radius 2 is 1.93 bits per heavy atom. The molecule has 3 aromatic heterocycles. The molecule has 0 amide bonds. The molecule has 0 radical (unpaired) electrons. The van der Waals surface area contributed by atoms with Crippen LogP contribution in [0.3, 0.4) is 0 Å². The van der Waals surface area contributed by atoms with Crippen LogP contribution in [0.25, 0.3) is 5.82 Å². The van der Waals surface area contributed by atoms with Crippen molar-refractivity contribution >= 4 is 11.5 Å². The summed E-state index contributed by atoms with van der Waals surface area (Å²) in [5.41, 5.74) is 2.25. The number of ether oxygens (including phenoxy) is 1. The summed E-state index contributed by atoms with van der Waals surface area (Å²) >= 11 is 0. The molecule has 0 atom stereocenters. The molecule has 0 aliphatic rings. The molecule has 0 saturated heterocycles. The Kier molecular flexibility index (Phi) is 4.68. The quantitative estimate of drug-likeness (QED) is 0.562. The van der Waals surface area contributed by atoms with Crippen LogP contribution in [0.2, 0.25) is 0 Å². The van der Waals surface area contributed by atoms with Gasteiger partial charge in [0.2, 0.25) is 5.88 Å². The maximum atomic E-state index is 9.03. The highest BCUT2D eigenvalue weighted by Gasteiger charge is 2.09. The number of pyridine rings is 2. The Labute approximate surface area is 161 Å². The third kappa shape index (κ3) is 3.81. The summed E-state index contributed by atoms with van der Waals surface area (Å²) < 4.78 is 7.63. The van der Waals surface area contributed by atoms with E-state index in [1.165, 1.54) is 0 Å². The molecule has 7 heteroatoms. The normalized spacial score (nSPS) is 10.3. The van der Waals surface area contributed by atoms with Crippen molar-refractivity contribution in [3.05, 3.63) is 84.3 Å². The van der Waals surface area contributed by atoms with Gasteiger partial charge in [0.05, 0.1) is 17.8 Å². The first-order valence-electron chi connectivity index (χ1n) is 8.60. The van der Waals surface area contributed by atoms with Crippen LogP contribution in [0, 0.1) is 18.3 Å². The molecule has 0 bridgehead atoms. The SMILES string of the molecule is Cc1cccc(-n2nccc2Oc2ccnc(Nc3cccc(C#N)c3)c2)n1. The second-order valence-corrected chi connectivity index (χ2v) is 6.01. The van der Waals surface area contributed by atoms with Gasteiger partial charge >= 0.3 is 0 Å². The van der Waals surface area contributed by atoms with Crippen molar-refractivity contribution in [2.24, 2.45) is 0 Å². The Morgan fingerprint density at radius 3 is 2.79 bits per heavy atom. The molecule has 0 spiro atoms. The molecule has 136 valence electrons. The van der Waals surface area contributed by atoms with Crippen molar-refractivity contribution in [3.8, 4) is 23.5 Å². The van der Waals surface area contributed by atoms with E-state index in [0.29, 0.717) is 28.8 Å². The van der Waals surface area contributed by atoms with Crippen LogP contribution in [-0.2, 0) is 0 Å². The lowest BCUT2D eigenvalue weighted by atomic mass is 10.2. The van der Waals surface area contributed by atoms with E-state index < -0.39 is 0 Å². The number of aromatic nitrogens is 4. The smallest absolute Gasteiger partial charge is 0.223 e. The van der Waals surface area contributed by atoms with Crippen molar-refractivity contribution in [2.45, 2.75) is 6.92 Å². The molecule has 4 aromatic rings. The highest BCUT2D eigenvalue weighted by atomic mass is 16.5. The van der Waals surface area contributed by atoms with Gasteiger partial charge < -0.3 is 10.1 Å². The van der Waals surface area contributed by atoms with Gasteiger partial charge in [-0.15, -0.1) is 0 Å². The first-order valence-corrected chi connectivity index (χ1v) is 8.60. The zero-order valence-electron chi connectivity index (χ0n) is 15.1. The molecule has 28 heavy (non-hydrogen) atoms. The summed E-state index contributed by atoms with van der Waals surface area (Å²) in [5.74, 6) is 2.43. The molecule has 0 aliphatic heterocycles. The minimum atomic E-state index is 0.543. The average molecular weight is 368 g/mol. The van der Waals surface area contributed by atoms with E-state index in [-0.39, 0.29) is 0 Å². The fraction of sp³-hybridized carbons (Fsp3) is 0.0476. The van der Waals surface area contributed by atoms with Crippen molar-refractivity contribution in [2.75, 3.05) is 5.32 Å². The van der Waals surface area contributed by atoms with Crippen LogP contribution in [0.15, 0.2) is 73.1 Å². The van der Waals surface area contributed by atoms with Crippen LogP contribution in [0.4, 0.5) is 11.5 Å². The molecule has 7 nitrogen and oxygen atoms in total. The lowest BCUT2D eigenvalue weighted by molar-refractivity contribution is 0.442. The minimum Gasteiger partial charge on any atom is -0.439 e.